The summed E-state index contributed by atoms with van der Waals surface area (Å²) >= 11 is 0. The van der Waals surface area contributed by atoms with Crippen LogP contribution in [0.5, 0.6) is 0 Å². The van der Waals surface area contributed by atoms with Crippen LogP contribution in [0.15, 0.2) is 0 Å². The summed E-state index contributed by atoms with van der Waals surface area (Å²) in [5.74, 6) is -1.78. The van der Waals surface area contributed by atoms with Crippen LogP contribution in [0.25, 0.3) is 0 Å². The third kappa shape index (κ3) is 8.23. The van der Waals surface area contributed by atoms with Crippen molar-refractivity contribution < 1.29 is 42.8 Å². The molecule has 9 heteroatoms. The molecule has 0 bridgehead atoms. The van der Waals surface area contributed by atoms with Crippen LogP contribution < -0.4 is 0 Å². The molecular formula is C18H30O9. The second-order valence-electron chi connectivity index (χ2n) is 6.81. The Kier molecular flexibility index (Phi) is 9.14. The van der Waals surface area contributed by atoms with E-state index in [1.54, 1.807) is 0 Å². The Labute approximate surface area is 159 Å². The first-order chi connectivity index (χ1) is 12.6. The monoisotopic (exact) mass is 390 g/mol. The van der Waals surface area contributed by atoms with E-state index in [0.717, 1.165) is 0 Å². The Morgan fingerprint density at radius 1 is 0.963 bits per heavy atom. The fourth-order valence-electron chi connectivity index (χ4n) is 2.74. The molecule has 9 nitrogen and oxygen atoms in total. The van der Waals surface area contributed by atoms with Gasteiger partial charge in [0, 0.05) is 27.4 Å². The third-order valence-electron chi connectivity index (χ3n) is 3.83. The van der Waals surface area contributed by atoms with Crippen molar-refractivity contribution in [3.63, 3.8) is 0 Å². The summed E-state index contributed by atoms with van der Waals surface area (Å²) < 4.78 is 32.6. The summed E-state index contributed by atoms with van der Waals surface area (Å²) in [6, 6.07) is 0. The second-order valence-corrected chi connectivity index (χ2v) is 6.81. The molecule has 0 aromatic heterocycles. The Hall–Kier alpha value is -1.71. The first kappa shape index (κ1) is 23.3. The van der Waals surface area contributed by atoms with Crippen molar-refractivity contribution >= 4 is 17.9 Å². The predicted molar refractivity (Wildman–Crippen MR) is 92.7 cm³/mol. The van der Waals surface area contributed by atoms with E-state index in [0.29, 0.717) is 13.0 Å². The fourth-order valence-corrected chi connectivity index (χ4v) is 2.74. The van der Waals surface area contributed by atoms with Gasteiger partial charge in [-0.05, 0) is 27.2 Å². The number of carbonyl (C=O) groups excluding carboxylic acids is 3. The number of rotatable bonds is 9. The van der Waals surface area contributed by atoms with Gasteiger partial charge >= 0.3 is 17.9 Å². The van der Waals surface area contributed by atoms with Gasteiger partial charge in [0.05, 0.1) is 18.8 Å². The molecule has 0 radical (unpaired) electrons. The molecule has 1 aliphatic rings. The van der Waals surface area contributed by atoms with E-state index in [1.165, 1.54) is 20.8 Å². The Morgan fingerprint density at radius 2 is 1.52 bits per heavy atom. The van der Waals surface area contributed by atoms with Gasteiger partial charge in [-0.2, -0.15) is 0 Å². The highest BCUT2D eigenvalue weighted by Crippen LogP contribution is 2.26. The molecule has 1 rings (SSSR count). The van der Waals surface area contributed by atoms with Gasteiger partial charge in [-0.25, -0.2) is 0 Å². The van der Waals surface area contributed by atoms with E-state index in [-0.39, 0.29) is 13.2 Å². The van der Waals surface area contributed by atoms with Crippen molar-refractivity contribution in [3.05, 3.63) is 0 Å². The molecule has 27 heavy (non-hydrogen) atoms. The van der Waals surface area contributed by atoms with Gasteiger partial charge in [-0.1, -0.05) is 0 Å². The Balaban J connectivity index is 2.87. The molecule has 0 N–H and O–H groups in total. The highest BCUT2D eigenvalue weighted by molar-refractivity contribution is 5.68. The number of hydrogen-bond donors (Lipinski definition) is 0. The average molecular weight is 390 g/mol. The van der Waals surface area contributed by atoms with E-state index in [2.05, 4.69) is 0 Å². The minimum absolute atomic E-state index is 0.0607. The maximum absolute atomic E-state index is 11.5. The lowest BCUT2D eigenvalue weighted by Crippen LogP contribution is -2.58. The summed E-state index contributed by atoms with van der Waals surface area (Å²) in [6.45, 7) is 10.2. The lowest BCUT2D eigenvalue weighted by atomic mass is 10.0. The zero-order valence-electron chi connectivity index (χ0n) is 16.8. The van der Waals surface area contributed by atoms with Crippen LogP contribution in [-0.2, 0) is 42.8 Å². The van der Waals surface area contributed by atoms with E-state index in [1.807, 2.05) is 20.8 Å². The SMILES string of the molecule is CCOC(C)(C)CCOC1OCC(OC(C)=O)C(OC(C)=O)C1OC(C)=O. The summed E-state index contributed by atoms with van der Waals surface area (Å²) in [7, 11) is 0. The Morgan fingerprint density at radius 3 is 2.04 bits per heavy atom. The van der Waals surface area contributed by atoms with Crippen LogP contribution in [0.4, 0.5) is 0 Å². The van der Waals surface area contributed by atoms with Gasteiger partial charge in [0.25, 0.3) is 0 Å². The summed E-state index contributed by atoms with van der Waals surface area (Å²) in [5, 5.41) is 0. The molecule has 0 spiro atoms. The molecule has 1 fully saturated rings. The minimum atomic E-state index is -1.07. The maximum Gasteiger partial charge on any atom is 0.303 e. The van der Waals surface area contributed by atoms with Crippen molar-refractivity contribution in [1.29, 1.82) is 0 Å². The van der Waals surface area contributed by atoms with E-state index >= 15 is 0 Å². The van der Waals surface area contributed by atoms with E-state index < -0.39 is 48.1 Å². The van der Waals surface area contributed by atoms with Gasteiger partial charge in [0.15, 0.2) is 24.6 Å². The lowest BCUT2D eigenvalue weighted by Gasteiger charge is -2.40. The standard InChI is InChI=1S/C18H30O9/c1-7-24-18(5,6)8-9-22-17-16(27-13(4)21)15(26-12(3)20)14(10-23-17)25-11(2)19/h14-17H,7-10H2,1-6H3. The molecule has 0 aromatic rings. The number of hydrogen-bond acceptors (Lipinski definition) is 9. The van der Waals surface area contributed by atoms with Gasteiger partial charge in [0.1, 0.15) is 0 Å². The number of esters is 3. The Bertz CT molecular complexity index is 517. The number of carbonyl (C=O) groups is 3. The first-order valence-corrected chi connectivity index (χ1v) is 8.94. The fraction of sp³-hybridized carbons (Fsp3) is 0.833. The van der Waals surface area contributed by atoms with E-state index in [4.69, 9.17) is 28.4 Å². The average Bonchev–Trinajstić information content (AvgIpc) is 2.50. The highest BCUT2D eigenvalue weighted by Gasteiger charge is 2.47. The molecule has 1 aliphatic heterocycles. The topological polar surface area (TPSA) is 107 Å². The summed E-state index contributed by atoms with van der Waals surface area (Å²) in [5.41, 5.74) is -0.393. The van der Waals surface area contributed by atoms with Gasteiger partial charge < -0.3 is 28.4 Å². The second kappa shape index (κ2) is 10.6. The quantitative estimate of drug-likeness (QED) is 0.426. The van der Waals surface area contributed by atoms with Gasteiger partial charge in [-0.3, -0.25) is 14.4 Å². The van der Waals surface area contributed by atoms with Crippen LogP contribution in [0, 0.1) is 0 Å². The van der Waals surface area contributed by atoms with Gasteiger partial charge in [-0.15, -0.1) is 0 Å². The molecule has 1 heterocycles. The van der Waals surface area contributed by atoms with Crippen molar-refractivity contribution in [2.75, 3.05) is 19.8 Å². The van der Waals surface area contributed by atoms with Crippen molar-refractivity contribution in [2.45, 2.75) is 78.2 Å². The van der Waals surface area contributed by atoms with Crippen LogP contribution >= 0.6 is 0 Å². The van der Waals surface area contributed by atoms with Crippen LogP contribution in [0.1, 0.15) is 48.0 Å². The molecule has 0 amide bonds. The van der Waals surface area contributed by atoms with Crippen LogP contribution in [0.3, 0.4) is 0 Å². The summed E-state index contributed by atoms with van der Waals surface area (Å²) in [6.07, 6.45) is -3.41. The molecule has 0 aliphatic carbocycles. The summed E-state index contributed by atoms with van der Waals surface area (Å²) in [4.78, 5) is 34.4. The largest absolute Gasteiger partial charge is 0.456 e. The predicted octanol–water partition coefficient (Wildman–Crippen LogP) is 1.36. The van der Waals surface area contributed by atoms with Gasteiger partial charge in [0.2, 0.25) is 0 Å². The molecule has 0 saturated carbocycles. The smallest absolute Gasteiger partial charge is 0.303 e. The molecular weight excluding hydrogens is 360 g/mol. The lowest BCUT2D eigenvalue weighted by molar-refractivity contribution is -0.282. The minimum Gasteiger partial charge on any atom is -0.456 e. The normalized spacial score (nSPS) is 25.6. The van der Waals surface area contributed by atoms with Crippen molar-refractivity contribution in [3.8, 4) is 0 Å². The maximum atomic E-state index is 11.5. The molecule has 4 atom stereocenters. The van der Waals surface area contributed by atoms with Crippen molar-refractivity contribution in [2.24, 2.45) is 0 Å². The highest BCUT2D eigenvalue weighted by atomic mass is 16.7. The molecule has 0 aromatic carbocycles. The molecule has 156 valence electrons. The van der Waals surface area contributed by atoms with Crippen LogP contribution in [-0.4, -0.2) is 67.9 Å². The van der Waals surface area contributed by atoms with E-state index in [9.17, 15) is 14.4 Å². The zero-order valence-corrected chi connectivity index (χ0v) is 16.8. The molecule has 1 saturated heterocycles. The first-order valence-electron chi connectivity index (χ1n) is 8.94. The third-order valence-corrected chi connectivity index (χ3v) is 3.83. The zero-order chi connectivity index (χ0) is 20.6. The molecule has 4 unspecified atom stereocenters. The van der Waals surface area contributed by atoms with Crippen LogP contribution in [0.2, 0.25) is 0 Å². The number of ether oxygens (including phenoxy) is 6. The van der Waals surface area contributed by atoms with Crippen molar-refractivity contribution in [1.82, 2.24) is 0 Å².